The number of hydrogen-bond acceptors (Lipinski definition) is 4. The van der Waals surface area contributed by atoms with Gasteiger partial charge < -0.3 is 20.4 Å². The van der Waals surface area contributed by atoms with Crippen LogP contribution >= 0.6 is 0 Å². The predicted octanol–water partition coefficient (Wildman–Crippen LogP) is -0.626. The molecule has 0 aromatic heterocycles. The second-order valence-electron chi connectivity index (χ2n) is 4.45. The summed E-state index contributed by atoms with van der Waals surface area (Å²) >= 11 is 0. The van der Waals surface area contributed by atoms with Crippen molar-refractivity contribution in [3.63, 3.8) is 0 Å². The molecule has 1 saturated heterocycles. The SMILES string of the molecule is O=C(O)CN(CC(=O)O)C(=O)CC1CCCNC1. The largest absolute Gasteiger partial charge is 0.480 e. The van der Waals surface area contributed by atoms with Gasteiger partial charge in [0.2, 0.25) is 5.91 Å². The number of carbonyl (C=O) groups excluding carboxylic acids is 1. The van der Waals surface area contributed by atoms with Gasteiger partial charge in [0.1, 0.15) is 13.1 Å². The summed E-state index contributed by atoms with van der Waals surface area (Å²) in [6.45, 7) is 0.523. The van der Waals surface area contributed by atoms with Gasteiger partial charge in [-0.25, -0.2) is 0 Å². The molecule has 1 unspecified atom stereocenters. The molecule has 7 nitrogen and oxygen atoms in total. The quantitative estimate of drug-likeness (QED) is 0.586. The summed E-state index contributed by atoms with van der Waals surface area (Å²) in [6.07, 6.45) is 2.09. The number of nitrogens with zero attached hydrogens (tertiary/aromatic N) is 1. The van der Waals surface area contributed by atoms with Crippen molar-refractivity contribution in [2.24, 2.45) is 5.92 Å². The monoisotopic (exact) mass is 258 g/mol. The first-order valence-electron chi connectivity index (χ1n) is 5.91. The minimum atomic E-state index is -1.20. The van der Waals surface area contributed by atoms with Crippen LogP contribution in [0.4, 0.5) is 0 Å². The highest BCUT2D eigenvalue weighted by Gasteiger charge is 2.23. The van der Waals surface area contributed by atoms with Crippen LogP contribution in [0.3, 0.4) is 0 Å². The van der Waals surface area contributed by atoms with Gasteiger partial charge in [0.15, 0.2) is 0 Å². The van der Waals surface area contributed by atoms with Crippen LogP contribution in [0.5, 0.6) is 0 Å². The molecule has 1 heterocycles. The topological polar surface area (TPSA) is 107 Å². The molecule has 0 spiro atoms. The zero-order valence-electron chi connectivity index (χ0n) is 10.1. The number of hydrogen-bond donors (Lipinski definition) is 3. The first kappa shape index (κ1) is 14.4. The lowest BCUT2D eigenvalue weighted by Gasteiger charge is -2.25. The Morgan fingerprint density at radius 3 is 2.22 bits per heavy atom. The third-order valence-corrected chi connectivity index (χ3v) is 2.87. The van der Waals surface area contributed by atoms with Crippen LogP contribution < -0.4 is 5.32 Å². The number of amides is 1. The summed E-state index contributed by atoms with van der Waals surface area (Å²) in [5, 5.41) is 20.5. The van der Waals surface area contributed by atoms with E-state index in [1.165, 1.54) is 0 Å². The Labute approximate surface area is 105 Å². The Kier molecular flexibility index (Phi) is 5.57. The first-order valence-corrected chi connectivity index (χ1v) is 5.91. The average Bonchev–Trinajstić information content (AvgIpc) is 2.28. The first-order chi connectivity index (χ1) is 8.49. The fourth-order valence-corrected chi connectivity index (χ4v) is 2.03. The van der Waals surface area contributed by atoms with E-state index in [0.29, 0.717) is 0 Å². The third kappa shape index (κ3) is 5.13. The van der Waals surface area contributed by atoms with E-state index in [1.54, 1.807) is 0 Å². The molecule has 18 heavy (non-hydrogen) atoms. The Morgan fingerprint density at radius 2 is 1.78 bits per heavy atom. The lowest BCUT2D eigenvalue weighted by atomic mass is 9.95. The number of carboxylic acid groups (broad SMARTS) is 2. The Balaban J connectivity index is 2.51. The van der Waals surface area contributed by atoms with Gasteiger partial charge in [-0.15, -0.1) is 0 Å². The molecule has 7 heteroatoms. The molecule has 0 aromatic carbocycles. The van der Waals surface area contributed by atoms with Gasteiger partial charge in [-0.05, 0) is 31.8 Å². The summed E-state index contributed by atoms with van der Waals surface area (Å²) in [4.78, 5) is 33.9. The van der Waals surface area contributed by atoms with Gasteiger partial charge in [0.05, 0.1) is 0 Å². The molecule has 1 atom stereocenters. The number of carbonyl (C=O) groups is 3. The number of nitrogens with one attached hydrogen (secondary N) is 1. The highest BCUT2D eigenvalue weighted by atomic mass is 16.4. The van der Waals surface area contributed by atoms with Crippen molar-refractivity contribution in [1.82, 2.24) is 10.2 Å². The van der Waals surface area contributed by atoms with E-state index in [4.69, 9.17) is 10.2 Å². The van der Waals surface area contributed by atoms with Crippen molar-refractivity contribution in [3.8, 4) is 0 Å². The number of piperidine rings is 1. The van der Waals surface area contributed by atoms with Crippen LogP contribution in [0.1, 0.15) is 19.3 Å². The Hall–Kier alpha value is -1.63. The molecule has 1 amide bonds. The van der Waals surface area contributed by atoms with Gasteiger partial charge in [-0.3, -0.25) is 14.4 Å². The van der Waals surface area contributed by atoms with Gasteiger partial charge in [0.25, 0.3) is 0 Å². The molecule has 0 radical (unpaired) electrons. The molecule has 1 aliphatic heterocycles. The van der Waals surface area contributed by atoms with E-state index in [9.17, 15) is 14.4 Å². The molecule has 0 bridgehead atoms. The van der Waals surface area contributed by atoms with Gasteiger partial charge in [-0.2, -0.15) is 0 Å². The minimum absolute atomic E-state index is 0.163. The molecule has 1 rings (SSSR count). The predicted molar refractivity (Wildman–Crippen MR) is 62.1 cm³/mol. The summed E-state index contributed by atoms with van der Waals surface area (Å²) in [5.74, 6) is -2.65. The normalized spacial score (nSPS) is 19.2. The second kappa shape index (κ2) is 6.95. The Bertz CT molecular complexity index is 309. The van der Waals surface area contributed by atoms with Crippen molar-refractivity contribution in [2.45, 2.75) is 19.3 Å². The second-order valence-corrected chi connectivity index (χ2v) is 4.45. The van der Waals surface area contributed by atoms with E-state index >= 15 is 0 Å². The van der Waals surface area contributed by atoms with Crippen LogP contribution in [0, 0.1) is 5.92 Å². The lowest BCUT2D eigenvalue weighted by molar-refractivity contribution is -0.149. The number of rotatable bonds is 6. The third-order valence-electron chi connectivity index (χ3n) is 2.87. The van der Waals surface area contributed by atoms with Crippen LogP contribution in [0.2, 0.25) is 0 Å². The van der Waals surface area contributed by atoms with Gasteiger partial charge >= 0.3 is 11.9 Å². The van der Waals surface area contributed by atoms with Gasteiger partial charge in [0, 0.05) is 6.42 Å². The number of aliphatic carboxylic acids is 2. The standard InChI is InChI=1S/C11H18N2O5/c14-9(4-8-2-1-3-12-5-8)13(6-10(15)16)7-11(17)18/h8,12H,1-7H2,(H,15,16)(H,17,18). The van der Waals surface area contributed by atoms with Crippen molar-refractivity contribution < 1.29 is 24.6 Å². The molecule has 1 fully saturated rings. The average molecular weight is 258 g/mol. The lowest BCUT2D eigenvalue weighted by Crippen LogP contribution is -2.41. The molecule has 102 valence electrons. The summed E-state index contributed by atoms with van der Waals surface area (Å²) < 4.78 is 0. The van der Waals surface area contributed by atoms with Crippen LogP contribution in [0.25, 0.3) is 0 Å². The smallest absolute Gasteiger partial charge is 0.323 e. The summed E-state index contributed by atoms with van der Waals surface area (Å²) in [5.41, 5.74) is 0. The molecule has 1 aliphatic rings. The zero-order valence-corrected chi connectivity index (χ0v) is 10.1. The fraction of sp³-hybridized carbons (Fsp3) is 0.727. The molecule has 0 aromatic rings. The number of carboxylic acids is 2. The van der Waals surface area contributed by atoms with Crippen LogP contribution in [-0.4, -0.2) is 59.1 Å². The molecular formula is C11H18N2O5. The minimum Gasteiger partial charge on any atom is -0.480 e. The van der Waals surface area contributed by atoms with E-state index in [2.05, 4.69) is 5.32 Å². The molecule has 0 aliphatic carbocycles. The van der Waals surface area contributed by atoms with Crippen molar-refractivity contribution in [3.05, 3.63) is 0 Å². The van der Waals surface area contributed by atoms with E-state index < -0.39 is 30.9 Å². The summed E-state index contributed by atoms with van der Waals surface area (Å²) in [7, 11) is 0. The van der Waals surface area contributed by atoms with E-state index in [-0.39, 0.29) is 12.3 Å². The highest BCUT2D eigenvalue weighted by Crippen LogP contribution is 2.15. The van der Waals surface area contributed by atoms with Crippen molar-refractivity contribution in [1.29, 1.82) is 0 Å². The fourth-order valence-electron chi connectivity index (χ4n) is 2.03. The van der Waals surface area contributed by atoms with Crippen LogP contribution in [0.15, 0.2) is 0 Å². The molecular weight excluding hydrogens is 240 g/mol. The zero-order chi connectivity index (χ0) is 13.5. The van der Waals surface area contributed by atoms with Gasteiger partial charge in [-0.1, -0.05) is 0 Å². The maximum atomic E-state index is 11.9. The van der Waals surface area contributed by atoms with E-state index in [0.717, 1.165) is 30.8 Å². The maximum absolute atomic E-state index is 11.9. The van der Waals surface area contributed by atoms with Crippen molar-refractivity contribution in [2.75, 3.05) is 26.2 Å². The summed E-state index contributed by atoms with van der Waals surface area (Å²) in [6, 6.07) is 0. The molecule has 0 saturated carbocycles. The van der Waals surface area contributed by atoms with Crippen LogP contribution in [-0.2, 0) is 14.4 Å². The van der Waals surface area contributed by atoms with Crippen molar-refractivity contribution >= 4 is 17.8 Å². The van der Waals surface area contributed by atoms with E-state index in [1.807, 2.05) is 0 Å². The highest BCUT2D eigenvalue weighted by molar-refractivity contribution is 5.85. The molecule has 3 N–H and O–H groups in total. The Morgan fingerprint density at radius 1 is 1.17 bits per heavy atom. The maximum Gasteiger partial charge on any atom is 0.323 e.